The summed E-state index contributed by atoms with van der Waals surface area (Å²) in [6.45, 7) is 3.41. The molecule has 0 bridgehead atoms. The Morgan fingerprint density at radius 1 is 1.28 bits per heavy atom. The van der Waals surface area contributed by atoms with Crippen LogP contribution in [0.4, 0.5) is 5.69 Å². The number of aryl methyl sites for hydroxylation is 1. The molecule has 1 atom stereocenters. The highest BCUT2D eigenvalue weighted by Gasteiger charge is 2.37. The molecule has 1 unspecified atom stereocenters. The van der Waals surface area contributed by atoms with E-state index in [1.807, 2.05) is 31.2 Å². The summed E-state index contributed by atoms with van der Waals surface area (Å²) < 4.78 is 0. The SMILES string of the molecule is Cc1ccccc1N1CCCC(O)(C(=O)O)CC1. The smallest absolute Gasteiger partial charge is 0.335 e. The lowest BCUT2D eigenvalue weighted by Gasteiger charge is -2.25. The van der Waals surface area contributed by atoms with E-state index in [2.05, 4.69) is 4.90 Å². The molecule has 2 rings (SSSR count). The maximum atomic E-state index is 11.1. The number of carbonyl (C=O) groups is 1. The average molecular weight is 249 g/mol. The molecular formula is C14H19NO3. The van der Waals surface area contributed by atoms with Gasteiger partial charge in [0.15, 0.2) is 5.60 Å². The Morgan fingerprint density at radius 2 is 2.00 bits per heavy atom. The summed E-state index contributed by atoms with van der Waals surface area (Å²) >= 11 is 0. The number of benzene rings is 1. The van der Waals surface area contributed by atoms with Crippen LogP contribution >= 0.6 is 0 Å². The first-order valence-corrected chi connectivity index (χ1v) is 6.29. The van der Waals surface area contributed by atoms with Gasteiger partial charge in [0, 0.05) is 25.2 Å². The number of hydrogen-bond donors (Lipinski definition) is 2. The van der Waals surface area contributed by atoms with Gasteiger partial charge in [-0.15, -0.1) is 0 Å². The molecule has 0 aromatic heterocycles. The Bertz CT molecular complexity index is 446. The van der Waals surface area contributed by atoms with Crippen molar-refractivity contribution < 1.29 is 15.0 Å². The highest BCUT2D eigenvalue weighted by Crippen LogP contribution is 2.27. The number of carboxylic acid groups (broad SMARTS) is 1. The highest BCUT2D eigenvalue weighted by atomic mass is 16.4. The molecular weight excluding hydrogens is 230 g/mol. The van der Waals surface area contributed by atoms with Crippen LogP contribution in [0.25, 0.3) is 0 Å². The number of hydrogen-bond acceptors (Lipinski definition) is 3. The van der Waals surface area contributed by atoms with Gasteiger partial charge in [0.05, 0.1) is 0 Å². The van der Waals surface area contributed by atoms with Crippen LogP contribution in [-0.2, 0) is 4.79 Å². The zero-order valence-corrected chi connectivity index (χ0v) is 10.6. The second-order valence-corrected chi connectivity index (χ2v) is 4.96. The summed E-state index contributed by atoms with van der Waals surface area (Å²) in [5.41, 5.74) is 0.752. The van der Waals surface area contributed by atoms with E-state index in [1.165, 1.54) is 5.56 Å². The van der Waals surface area contributed by atoms with Crippen molar-refractivity contribution in [3.63, 3.8) is 0 Å². The molecule has 2 N–H and O–H groups in total. The minimum atomic E-state index is -1.56. The number of rotatable bonds is 2. The van der Waals surface area contributed by atoms with Crippen molar-refractivity contribution in [2.75, 3.05) is 18.0 Å². The Hall–Kier alpha value is -1.55. The van der Waals surface area contributed by atoms with E-state index in [-0.39, 0.29) is 6.42 Å². The molecule has 1 heterocycles. The number of aliphatic hydroxyl groups is 1. The molecule has 0 saturated carbocycles. The highest BCUT2D eigenvalue weighted by molar-refractivity contribution is 5.77. The van der Waals surface area contributed by atoms with Crippen LogP contribution in [0.3, 0.4) is 0 Å². The van der Waals surface area contributed by atoms with Crippen LogP contribution in [0.5, 0.6) is 0 Å². The van der Waals surface area contributed by atoms with Crippen molar-refractivity contribution >= 4 is 11.7 Å². The quantitative estimate of drug-likeness (QED) is 0.839. The first-order chi connectivity index (χ1) is 8.53. The maximum absolute atomic E-state index is 11.1. The van der Waals surface area contributed by atoms with Gasteiger partial charge in [-0.2, -0.15) is 0 Å². The molecule has 4 nitrogen and oxygen atoms in total. The second kappa shape index (κ2) is 4.98. The third-order valence-corrected chi connectivity index (χ3v) is 3.67. The monoisotopic (exact) mass is 249 g/mol. The Labute approximate surface area is 107 Å². The molecule has 0 aliphatic carbocycles. The molecule has 1 fully saturated rings. The van der Waals surface area contributed by atoms with Crippen LogP contribution in [0.1, 0.15) is 24.8 Å². The maximum Gasteiger partial charge on any atom is 0.335 e. The Balaban J connectivity index is 2.15. The second-order valence-electron chi connectivity index (χ2n) is 4.96. The molecule has 4 heteroatoms. The Kier molecular flexibility index (Phi) is 3.57. The van der Waals surface area contributed by atoms with Gasteiger partial charge in [0.2, 0.25) is 0 Å². The molecule has 0 radical (unpaired) electrons. The molecule has 1 aliphatic heterocycles. The number of para-hydroxylation sites is 1. The number of anilines is 1. The fourth-order valence-electron chi connectivity index (χ4n) is 2.49. The van der Waals surface area contributed by atoms with Gasteiger partial charge in [-0.05, 0) is 31.4 Å². The minimum absolute atomic E-state index is 0.274. The molecule has 0 spiro atoms. The van der Waals surface area contributed by atoms with Crippen LogP contribution in [-0.4, -0.2) is 34.9 Å². The van der Waals surface area contributed by atoms with Crippen LogP contribution in [0, 0.1) is 6.92 Å². The van der Waals surface area contributed by atoms with E-state index in [0.717, 1.165) is 12.2 Å². The zero-order valence-electron chi connectivity index (χ0n) is 10.6. The Morgan fingerprint density at radius 3 is 2.67 bits per heavy atom. The van der Waals surface area contributed by atoms with Crippen molar-refractivity contribution in [1.82, 2.24) is 0 Å². The first-order valence-electron chi connectivity index (χ1n) is 6.29. The van der Waals surface area contributed by atoms with Crippen molar-refractivity contribution in [3.05, 3.63) is 29.8 Å². The standard InChI is InChI=1S/C14H19NO3/c1-11-5-2-3-6-12(11)15-9-4-7-14(18,8-10-15)13(16)17/h2-3,5-6,18H,4,7-10H2,1H3,(H,16,17). The molecule has 1 saturated heterocycles. The van der Waals surface area contributed by atoms with E-state index in [4.69, 9.17) is 5.11 Å². The largest absolute Gasteiger partial charge is 0.479 e. The summed E-state index contributed by atoms with van der Waals surface area (Å²) in [4.78, 5) is 13.2. The number of carboxylic acids is 1. The van der Waals surface area contributed by atoms with Gasteiger partial charge < -0.3 is 15.1 Å². The summed E-state index contributed by atoms with van der Waals surface area (Å²) in [5, 5.41) is 19.1. The zero-order chi connectivity index (χ0) is 13.2. The van der Waals surface area contributed by atoms with E-state index in [9.17, 15) is 9.90 Å². The van der Waals surface area contributed by atoms with Gasteiger partial charge >= 0.3 is 5.97 Å². The number of nitrogens with zero attached hydrogens (tertiary/aromatic N) is 1. The van der Waals surface area contributed by atoms with Crippen molar-refractivity contribution in [1.29, 1.82) is 0 Å². The predicted molar refractivity (Wildman–Crippen MR) is 69.8 cm³/mol. The molecule has 98 valence electrons. The predicted octanol–water partition coefficient (Wildman–Crippen LogP) is 1.80. The van der Waals surface area contributed by atoms with Crippen molar-refractivity contribution in [3.8, 4) is 0 Å². The average Bonchev–Trinajstić information content (AvgIpc) is 2.53. The van der Waals surface area contributed by atoms with Gasteiger partial charge in [-0.1, -0.05) is 18.2 Å². The molecule has 1 aromatic rings. The molecule has 0 amide bonds. The van der Waals surface area contributed by atoms with Gasteiger partial charge in [-0.25, -0.2) is 4.79 Å². The van der Waals surface area contributed by atoms with E-state index in [1.54, 1.807) is 0 Å². The minimum Gasteiger partial charge on any atom is -0.479 e. The van der Waals surface area contributed by atoms with Gasteiger partial charge in [0.25, 0.3) is 0 Å². The van der Waals surface area contributed by atoms with Gasteiger partial charge in [-0.3, -0.25) is 0 Å². The van der Waals surface area contributed by atoms with E-state index < -0.39 is 11.6 Å². The first kappa shape index (κ1) is 12.9. The molecule has 18 heavy (non-hydrogen) atoms. The summed E-state index contributed by atoms with van der Waals surface area (Å²) in [6, 6.07) is 8.06. The third kappa shape index (κ3) is 2.48. The lowest BCUT2D eigenvalue weighted by molar-refractivity contribution is -0.159. The topological polar surface area (TPSA) is 60.8 Å². The fraction of sp³-hybridized carbons (Fsp3) is 0.500. The third-order valence-electron chi connectivity index (χ3n) is 3.67. The van der Waals surface area contributed by atoms with Crippen LogP contribution < -0.4 is 4.90 Å². The van der Waals surface area contributed by atoms with Crippen molar-refractivity contribution in [2.24, 2.45) is 0 Å². The van der Waals surface area contributed by atoms with Crippen LogP contribution in [0.15, 0.2) is 24.3 Å². The van der Waals surface area contributed by atoms with Crippen LogP contribution in [0.2, 0.25) is 0 Å². The summed E-state index contributed by atoms with van der Waals surface area (Å²) in [6.07, 6.45) is 1.29. The molecule has 1 aliphatic rings. The lowest BCUT2D eigenvalue weighted by Crippen LogP contribution is -2.39. The number of aliphatic carboxylic acids is 1. The van der Waals surface area contributed by atoms with Crippen molar-refractivity contribution in [2.45, 2.75) is 31.8 Å². The lowest BCUT2D eigenvalue weighted by atomic mass is 9.95. The van der Waals surface area contributed by atoms with E-state index in [0.29, 0.717) is 19.4 Å². The summed E-state index contributed by atoms with van der Waals surface area (Å²) in [7, 11) is 0. The molecule has 1 aromatic carbocycles. The normalized spacial score (nSPS) is 24.7. The van der Waals surface area contributed by atoms with E-state index >= 15 is 0 Å². The fourth-order valence-corrected chi connectivity index (χ4v) is 2.49. The van der Waals surface area contributed by atoms with Gasteiger partial charge in [0.1, 0.15) is 0 Å². The summed E-state index contributed by atoms with van der Waals surface area (Å²) in [5.74, 6) is -1.10.